The van der Waals surface area contributed by atoms with Crippen LogP contribution in [-0.2, 0) is 0 Å². The number of hydrogen-bond acceptors (Lipinski definition) is 3. The number of piperazine rings is 1. The van der Waals surface area contributed by atoms with Crippen LogP contribution in [0.25, 0.3) is 10.9 Å². The van der Waals surface area contributed by atoms with Crippen LogP contribution in [0.3, 0.4) is 0 Å². The Balaban J connectivity index is 1.46. The summed E-state index contributed by atoms with van der Waals surface area (Å²) in [5, 5.41) is 4.39. The molecule has 5 nitrogen and oxygen atoms in total. The van der Waals surface area contributed by atoms with E-state index in [0.29, 0.717) is 6.04 Å². The summed E-state index contributed by atoms with van der Waals surface area (Å²) in [5.74, 6) is 0.159. The summed E-state index contributed by atoms with van der Waals surface area (Å²) < 4.78 is 0. The van der Waals surface area contributed by atoms with Crippen molar-refractivity contribution in [2.24, 2.45) is 0 Å². The van der Waals surface area contributed by atoms with Crippen LogP contribution in [0, 0.1) is 0 Å². The van der Waals surface area contributed by atoms with Crippen molar-refractivity contribution in [1.82, 2.24) is 20.1 Å². The van der Waals surface area contributed by atoms with Crippen LogP contribution in [0.15, 0.2) is 30.5 Å². The first kappa shape index (κ1) is 12.9. The first-order valence-electron chi connectivity index (χ1n) is 7.63. The molecule has 0 saturated carbocycles. The number of H-pyrrole nitrogens is 1. The molecule has 0 spiro atoms. The molecular weight excluding hydrogens is 264 g/mol. The van der Waals surface area contributed by atoms with Gasteiger partial charge >= 0.3 is 0 Å². The van der Waals surface area contributed by atoms with Gasteiger partial charge in [0.2, 0.25) is 0 Å². The van der Waals surface area contributed by atoms with Gasteiger partial charge in [0.05, 0.1) is 0 Å². The van der Waals surface area contributed by atoms with Gasteiger partial charge < -0.3 is 15.2 Å². The number of aromatic nitrogens is 1. The second kappa shape index (κ2) is 5.16. The Morgan fingerprint density at radius 1 is 1.14 bits per heavy atom. The molecule has 1 aromatic heterocycles. The normalized spacial score (nSPS) is 20.7. The lowest BCUT2D eigenvalue weighted by Gasteiger charge is -2.46. The number of carbonyl (C=O) groups excluding carboxylic acids is 1. The number of nitrogens with one attached hydrogen (secondary N) is 2. The molecule has 2 saturated heterocycles. The van der Waals surface area contributed by atoms with Crippen molar-refractivity contribution in [3.63, 3.8) is 0 Å². The quantitative estimate of drug-likeness (QED) is 0.861. The molecule has 3 heterocycles. The smallest absolute Gasteiger partial charge is 0.254 e. The highest BCUT2D eigenvalue weighted by Gasteiger charge is 2.35. The van der Waals surface area contributed by atoms with E-state index in [-0.39, 0.29) is 5.91 Å². The number of carbonyl (C=O) groups is 1. The highest BCUT2D eigenvalue weighted by Crippen LogP contribution is 2.23. The van der Waals surface area contributed by atoms with Crippen molar-refractivity contribution >= 4 is 16.8 Å². The highest BCUT2D eigenvalue weighted by atomic mass is 16.2. The number of rotatable bonds is 2. The van der Waals surface area contributed by atoms with E-state index in [9.17, 15) is 4.79 Å². The second-order valence-electron chi connectivity index (χ2n) is 5.89. The average molecular weight is 284 g/mol. The van der Waals surface area contributed by atoms with Crippen LogP contribution in [0.1, 0.15) is 10.4 Å². The standard InChI is InChI=1S/C16H20N4O/c21-16(14-2-1-3-15-13(14)4-5-18-15)20-10-12(11-20)19-8-6-17-7-9-19/h1-5,12,17-18H,6-11H2. The number of fused-ring (bicyclic) bond motifs is 1. The molecule has 4 rings (SSSR count). The van der Waals surface area contributed by atoms with E-state index in [2.05, 4.69) is 15.2 Å². The fourth-order valence-electron chi connectivity index (χ4n) is 3.34. The minimum atomic E-state index is 0.159. The van der Waals surface area contributed by atoms with E-state index in [1.54, 1.807) is 0 Å². The first-order valence-corrected chi connectivity index (χ1v) is 7.63. The maximum atomic E-state index is 12.6. The molecule has 21 heavy (non-hydrogen) atoms. The molecule has 2 N–H and O–H groups in total. The zero-order chi connectivity index (χ0) is 14.2. The number of benzene rings is 1. The van der Waals surface area contributed by atoms with Crippen molar-refractivity contribution in [3.05, 3.63) is 36.0 Å². The summed E-state index contributed by atoms with van der Waals surface area (Å²) in [6, 6.07) is 8.40. The minimum Gasteiger partial charge on any atom is -0.361 e. The second-order valence-corrected chi connectivity index (χ2v) is 5.89. The van der Waals surface area contributed by atoms with E-state index >= 15 is 0 Å². The summed E-state index contributed by atoms with van der Waals surface area (Å²) in [4.78, 5) is 20.3. The lowest BCUT2D eigenvalue weighted by molar-refractivity contribution is 0.0228. The molecule has 110 valence electrons. The van der Waals surface area contributed by atoms with Crippen LogP contribution in [-0.4, -0.2) is 66.0 Å². The summed E-state index contributed by atoms with van der Waals surface area (Å²) in [6.07, 6.45) is 1.89. The maximum absolute atomic E-state index is 12.6. The third-order valence-corrected chi connectivity index (χ3v) is 4.64. The molecule has 1 amide bonds. The number of likely N-dealkylation sites (tertiary alicyclic amines) is 1. The molecule has 1 aromatic carbocycles. The van der Waals surface area contributed by atoms with Gasteiger partial charge in [-0.05, 0) is 18.2 Å². The molecule has 0 radical (unpaired) electrons. The number of amides is 1. The van der Waals surface area contributed by atoms with E-state index in [4.69, 9.17) is 0 Å². The van der Waals surface area contributed by atoms with Crippen LogP contribution in [0.5, 0.6) is 0 Å². The summed E-state index contributed by atoms with van der Waals surface area (Å²) >= 11 is 0. The molecule has 5 heteroatoms. The first-order chi connectivity index (χ1) is 10.3. The Morgan fingerprint density at radius 3 is 2.76 bits per heavy atom. The van der Waals surface area contributed by atoms with Gasteiger partial charge in [-0.1, -0.05) is 6.07 Å². The largest absolute Gasteiger partial charge is 0.361 e. The van der Waals surface area contributed by atoms with E-state index in [1.165, 1.54) is 0 Å². The van der Waals surface area contributed by atoms with Gasteiger partial charge in [-0.15, -0.1) is 0 Å². The predicted octanol–water partition coefficient (Wildman–Crippen LogP) is 0.897. The van der Waals surface area contributed by atoms with E-state index < -0.39 is 0 Å². The van der Waals surface area contributed by atoms with Crippen molar-refractivity contribution in [2.75, 3.05) is 39.3 Å². The summed E-state index contributed by atoms with van der Waals surface area (Å²) in [5.41, 5.74) is 1.84. The Labute approximate surface area is 123 Å². The fourth-order valence-corrected chi connectivity index (χ4v) is 3.34. The van der Waals surface area contributed by atoms with Crippen LogP contribution >= 0.6 is 0 Å². The number of hydrogen-bond donors (Lipinski definition) is 2. The molecule has 0 unspecified atom stereocenters. The van der Waals surface area contributed by atoms with Gasteiger partial charge in [0.1, 0.15) is 0 Å². The van der Waals surface area contributed by atoms with Crippen molar-refractivity contribution in [3.8, 4) is 0 Å². The third-order valence-electron chi connectivity index (χ3n) is 4.64. The zero-order valence-electron chi connectivity index (χ0n) is 12.0. The van der Waals surface area contributed by atoms with Gasteiger partial charge in [0.15, 0.2) is 0 Å². The van der Waals surface area contributed by atoms with Crippen molar-refractivity contribution in [1.29, 1.82) is 0 Å². The molecule has 2 aliphatic rings. The average Bonchev–Trinajstić information content (AvgIpc) is 2.95. The number of aromatic amines is 1. The zero-order valence-corrected chi connectivity index (χ0v) is 12.0. The molecule has 0 bridgehead atoms. The Bertz CT molecular complexity index is 653. The lowest BCUT2D eigenvalue weighted by atomic mass is 10.0. The monoisotopic (exact) mass is 284 g/mol. The number of nitrogens with zero attached hydrogens (tertiary/aromatic N) is 2. The van der Waals surface area contributed by atoms with Gasteiger partial charge in [-0.3, -0.25) is 9.69 Å². The van der Waals surface area contributed by atoms with Gasteiger partial charge in [0.25, 0.3) is 5.91 Å². The Morgan fingerprint density at radius 2 is 1.95 bits per heavy atom. The SMILES string of the molecule is O=C(c1cccc2[nH]ccc12)N1CC(N2CCNCC2)C1. The Hall–Kier alpha value is -1.85. The fraction of sp³-hybridized carbons (Fsp3) is 0.438. The van der Waals surface area contributed by atoms with Crippen molar-refractivity contribution in [2.45, 2.75) is 6.04 Å². The van der Waals surface area contributed by atoms with Crippen LogP contribution in [0.2, 0.25) is 0 Å². The van der Waals surface area contributed by atoms with Gasteiger partial charge in [-0.2, -0.15) is 0 Å². The van der Waals surface area contributed by atoms with Gasteiger partial charge in [-0.25, -0.2) is 0 Å². The topological polar surface area (TPSA) is 51.4 Å². The molecular formula is C16H20N4O. The van der Waals surface area contributed by atoms with Gasteiger partial charge in [0, 0.05) is 68.0 Å². The maximum Gasteiger partial charge on any atom is 0.254 e. The highest BCUT2D eigenvalue weighted by molar-refractivity contribution is 6.06. The van der Waals surface area contributed by atoms with E-state index in [1.807, 2.05) is 35.4 Å². The molecule has 2 aromatic rings. The minimum absolute atomic E-state index is 0.159. The van der Waals surface area contributed by atoms with Crippen LogP contribution < -0.4 is 5.32 Å². The lowest BCUT2D eigenvalue weighted by Crippen LogP contribution is -2.63. The van der Waals surface area contributed by atoms with E-state index in [0.717, 1.165) is 55.7 Å². The molecule has 2 aliphatic heterocycles. The summed E-state index contributed by atoms with van der Waals surface area (Å²) in [7, 11) is 0. The molecule has 0 aliphatic carbocycles. The molecule has 0 atom stereocenters. The Kier molecular flexibility index (Phi) is 3.16. The molecule has 2 fully saturated rings. The van der Waals surface area contributed by atoms with Crippen LogP contribution in [0.4, 0.5) is 0 Å². The third kappa shape index (κ3) is 2.22. The van der Waals surface area contributed by atoms with Crippen molar-refractivity contribution < 1.29 is 4.79 Å². The summed E-state index contributed by atoms with van der Waals surface area (Å²) in [6.45, 7) is 6.04. The predicted molar refractivity (Wildman–Crippen MR) is 82.4 cm³/mol.